The van der Waals surface area contributed by atoms with Gasteiger partial charge in [-0.15, -0.1) is 0 Å². The molecule has 5 aromatic carbocycles. The lowest BCUT2D eigenvalue weighted by Crippen LogP contribution is -1.96. The highest BCUT2D eigenvalue weighted by Gasteiger charge is 2.14. The molecule has 0 aliphatic carbocycles. The van der Waals surface area contributed by atoms with Crippen molar-refractivity contribution in [2.45, 2.75) is 12.8 Å². The molecule has 1 heterocycles. The molecule has 0 aliphatic heterocycles. The molecule has 0 saturated heterocycles. The van der Waals surface area contributed by atoms with Crippen molar-refractivity contribution in [3.05, 3.63) is 132 Å². The van der Waals surface area contributed by atoms with Crippen molar-refractivity contribution in [3.63, 3.8) is 0 Å². The molecule has 0 spiro atoms. The van der Waals surface area contributed by atoms with Crippen molar-refractivity contribution in [1.82, 2.24) is 0 Å². The average Bonchev–Trinajstić information content (AvgIpc) is 3.28. The Kier molecular flexibility index (Phi) is 4.54. The van der Waals surface area contributed by atoms with Crippen LogP contribution in [-0.2, 0) is 0 Å². The third-order valence-corrected chi connectivity index (χ3v) is 6.44. The van der Waals surface area contributed by atoms with Gasteiger partial charge in [-0.1, -0.05) is 122 Å². The normalized spacial score (nSPS) is 13.7. The summed E-state index contributed by atoms with van der Waals surface area (Å²) in [5, 5.41) is 2.24. The van der Waals surface area contributed by atoms with Crippen molar-refractivity contribution in [3.8, 4) is 22.3 Å². The third-order valence-electron chi connectivity index (χ3n) is 6.44. The van der Waals surface area contributed by atoms with Crippen LogP contribution in [0.15, 0.2) is 126 Å². The van der Waals surface area contributed by atoms with E-state index in [9.17, 15) is 1.37 Å². The van der Waals surface area contributed by atoms with Gasteiger partial charge in [0.1, 0.15) is 11.2 Å². The van der Waals surface area contributed by atoms with Crippen molar-refractivity contribution in [2.24, 2.45) is 0 Å². The number of para-hydroxylation sites is 2. The van der Waals surface area contributed by atoms with Crippen LogP contribution in [0.25, 0.3) is 44.2 Å². The molecular formula is C32H24O. The minimum absolute atomic E-state index is 0.882. The van der Waals surface area contributed by atoms with Crippen LogP contribution in [0.3, 0.4) is 0 Å². The minimum Gasteiger partial charge on any atom is -0.455 e. The highest BCUT2D eigenvalue weighted by molar-refractivity contribution is 6.09. The second-order valence-electron chi connectivity index (χ2n) is 8.43. The Morgan fingerprint density at radius 2 is 1.24 bits per heavy atom. The second-order valence-corrected chi connectivity index (χ2v) is 8.43. The van der Waals surface area contributed by atoms with Crippen LogP contribution in [0.1, 0.15) is 25.3 Å². The summed E-state index contributed by atoms with van der Waals surface area (Å²) in [7, 11) is 0. The fraction of sp³-hybridized carbons (Fsp3) is 0.0625. The van der Waals surface area contributed by atoms with Gasteiger partial charge in [0.25, 0.3) is 0 Å². The minimum atomic E-state index is -0.882. The smallest absolute Gasteiger partial charge is 0.143 e. The summed E-state index contributed by atoms with van der Waals surface area (Å²) >= 11 is 0. The molecule has 1 nitrogen and oxygen atoms in total. The highest BCUT2D eigenvalue weighted by atomic mass is 16.3. The first-order valence-electron chi connectivity index (χ1n) is 11.8. The van der Waals surface area contributed by atoms with Gasteiger partial charge in [0.2, 0.25) is 0 Å². The van der Waals surface area contributed by atoms with Crippen LogP contribution in [0, 0.1) is 0 Å². The zero-order valence-electron chi connectivity index (χ0n) is 19.5. The molecule has 6 rings (SSSR count). The van der Waals surface area contributed by atoms with E-state index < -0.39 is 5.89 Å². The molecule has 0 amide bonds. The molecule has 1 atom stereocenters. The number of fused-ring (bicyclic) bond motifs is 3. The maximum Gasteiger partial charge on any atom is 0.143 e. The number of benzene rings is 5. The summed E-state index contributed by atoms with van der Waals surface area (Å²) < 4.78 is 15.5. The van der Waals surface area contributed by atoms with Crippen LogP contribution in [0.4, 0.5) is 0 Å². The number of hydrogen-bond acceptors (Lipinski definition) is 1. The first kappa shape index (κ1) is 18.5. The topological polar surface area (TPSA) is 13.1 Å². The fourth-order valence-corrected chi connectivity index (χ4v) is 4.60. The molecule has 33 heavy (non-hydrogen) atoms. The van der Waals surface area contributed by atoms with E-state index in [1.54, 1.807) is 0 Å². The van der Waals surface area contributed by atoms with Gasteiger partial charge >= 0.3 is 0 Å². The van der Waals surface area contributed by atoms with Gasteiger partial charge in [-0.2, -0.15) is 0 Å². The summed E-state index contributed by atoms with van der Waals surface area (Å²) in [6.07, 6.45) is 0. The van der Waals surface area contributed by atoms with Gasteiger partial charge < -0.3 is 4.42 Å². The Labute approximate surface area is 195 Å². The molecule has 158 valence electrons. The molecule has 0 saturated carbocycles. The Bertz CT molecular complexity index is 1610. The lowest BCUT2D eigenvalue weighted by atomic mass is 9.89. The van der Waals surface area contributed by atoms with Crippen molar-refractivity contribution >= 4 is 21.9 Å². The third kappa shape index (κ3) is 3.52. The van der Waals surface area contributed by atoms with Gasteiger partial charge in [0.15, 0.2) is 0 Å². The Morgan fingerprint density at radius 1 is 0.576 bits per heavy atom. The SMILES string of the molecule is [2H]C(C)(c1ccc(-c2ccccc2)cc1)c1cccc(-c2cccc3c2oc2ccccc23)c1. The molecule has 1 heteroatoms. The molecule has 0 N–H and O–H groups in total. The van der Waals surface area contributed by atoms with E-state index in [0.29, 0.717) is 0 Å². The highest BCUT2D eigenvalue weighted by Crippen LogP contribution is 2.37. The Balaban J connectivity index is 1.40. The van der Waals surface area contributed by atoms with Crippen LogP contribution >= 0.6 is 0 Å². The summed E-state index contributed by atoms with van der Waals surface area (Å²) in [4.78, 5) is 0. The first-order chi connectivity index (χ1) is 16.6. The predicted octanol–water partition coefficient (Wildman–Crippen LogP) is 9.07. The first-order valence-corrected chi connectivity index (χ1v) is 11.3. The molecule has 0 fully saturated rings. The number of furan rings is 1. The van der Waals surface area contributed by atoms with Crippen LogP contribution in [0.2, 0.25) is 0 Å². The molecule has 1 aromatic heterocycles. The summed E-state index contributed by atoms with van der Waals surface area (Å²) in [6, 6.07) is 41.4. The number of rotatable bonds is 4. The van der Waals surface area contributed by atoms with E-state index in [2.05, 4.69) is 72.8 Å². The zero-order valence-corrected chi connectivity index (χ0v) is 18.5. The molecule has 6 aromatic rings. The van der Waals surface area contributed by atoms with Gasteiger partial charge in [-0.3, -0.25) is 0 Å². The van der Waals surface area contributed by atoms with E-state index >= 15 is 0 Å². The van der Waals surface area contributed by atoms with Gasteiger partial charge in [0, 0.05) is 23.6 Å². The summed E-state index contributed by atoms with van der Waals surface area (Å²) in [6.45, 7) is 1.96. The lowest BCUT2D eigenvalue weighted by Gasteiger charge is -2.15. The van der Waals surface area contributed by atoms with E-state index in [0.717, 1.165) is 49.8 Å². The Morgan fingerprint density at radius 3 is 2.09 bits per heavy atom. The van der Waals surface area contributed by atoms with Crippen molar-refractivity contribution in [1.29, 1.82) is 0 Å². The molecule has 0 radical (unpaired) electrons. The van der Waals surface area contributed by atoms with E-state index in [-0.39, 0.29) is 0 Å². The lowest BCUT2D eigenvalue weighted by molar-refractivity contribution is 0.670. The van der Waals surface area contributed by atoms with Crippen LogP contribution in [-0.4, -0.2) is 0 Å². The molecular weight excluding hydrogens is 400 g/mol. The standard InChI is InChI=1S/C32H24O/c1-22(23-17-19-25(20-18-23)24-9-3-2-4-10-24)26-11-7-12-27(21-26)28-14-8-15-30-29-13-5-6-16-31(29)33-32(28)30/h2-22H,1H3/i22D. The van der Waals surface area contributed by atoms with Gasteiger partial charge in [0.05, 0.1) is 0 Å². The monoisotopic (exact) mass is 425 g/mol. The van der Waals surface area contributed by atoms with E-state index in [1.165, 1.54) is 5.56 Å². The van der Waals surface area contributed by atoms with Gasteiger partial charge in [-0.05, 0) is 33.9 Å². The second kappa shape index (κ2) is 8.11. The average molecular weight is 426 g/mol. The van der Waals surface area contributed by atoms with E-state index in [1.807, 2.05) is 55.5 Å². The molecule has 0 aliphatic rings. The predicted molar refractivity (Wildman–Crippen MR) is 139 cm³/mol. The van der Waals surface area contributed by atoms with E-state index in [4.69, 9.17) is 4.42 Å². The summed E-state index contributed by atoms with van der Waals surface area (Å²) in [5.41, 5.74) is 8.14. The molecule has 1 unspecified atom stereocenters. The van der Waals surface area contributed by atoms with Crippen molar-refractivity contribution < 1.29 is 5.79 Å². The Hall–Kier alpha value is -4.10. The largest absolute Gasteiger partial charge is 0.455 e. The van der Waals surface area contributed by atoms with Crippen LogP contribution in [0.5, 0.6) is 0 Å². The summed E-state index contributed by atoms with van der Waals surface area (Å²) in [5.74, 6) is -0.882. The molecule has 0 bridgehead atoms. The number of hydrogen-bond donors (Lipinski definition) is 0. The zero-order chi connectivity index (χ0) is 23.1. The van der Waals surface area contributed by atoms with Crippen molar-refractivity contribution in [2.75, 3.05) is 0 Å². The van der Waals surface area contributed by atoms with Crippen LogP contribution < -0.4 is 0 Å². The fourth-order valence-electron chi connectivity index (χ4n) is 4.60. The van der Waals surface area contributed by atoms with Gasteiger partial charge in [-0.25, -0.2) is 0 Å². The maximum atomic E-state index is 9.27. The maximum absolute atomic E-state index is 9.27. The quantitative estimate of drug-likeness (QED) is 0.274.